The topological polar surface area (TPSA) is 49.0 Å². The third kappa shape index (κ3) is 3.46. The van der Waals surface area contributed by atoms with Gasteiger partial charge in [0.2, 0.25) is 0 Å². The molecule has 0 aliphatic heterocycles. The second kappa shape index (κ2) is 6.98. The van der Waals surface area contributed by atoms with Gasteiger partial charge in [-0.2, -0.15) is 5.10 Å². The minimum Gasteiger partial charge on any atom is -0.332 e. The minimum atomic E-state index is -0.0632. The number of thiophene rings is 1. The molecule has 118 valence electrons. The standard InChI is InChI=1S/C17H16ClN3OS/c1-2-21(11-12-6-5-9-23-12)17(22)16-10-15(19-20-16)13-7-3-4-8-14(13)18/h3-10H,2,11H2,1H3,(H,19,20). The van der Waals surface area contributed by atoms with Gasteiger partial charge in [-0.3, -0.25) is 9.89 Å². The molecule has 23 heavy (non-hydrogen) atoms. The van der Waals surface area contributed by atoms with Crippen LogP contribution in [0, 0.1) is 0 Å². The number of amides is 1. The molecule has 3 rings (SSSR count). The number of rotatable bonds is 5. The fraction of sp³-hybridized carbons (Fsp3) is 0.176. The van der Waals surface area contributed by atoms with Gasteiger partial charge in [0.15, 0.2) is 0 Å². The average Bonchev–Trinajstić information content (AvgIpc) is 3.24. The Morgan fingerprint density at radius 2 is 2.13 bits per heavy atom. The molecule has 2 heterocycles. The van der Waals surface area contributed by atoms with E-state index in [0.29, 0.717) is 29.5 Å². The molecule has 6 heteroatoms. The van der Waals surface area contributed by atoms with Crippen LogP contribution in [0.15, 0.2) is 47.8 Å². The molecule has 0 saturated carbocycles. The monoisotopic (exact) mass is 345 g/mol. The number of carbonyl (C=O) groups is 1. The molecule has 0 aliphatic carbocycles. The molecule has 1 N–H and O–H groups in total. The fourth-order valence-electron chi connectivity index (χ4n) is 2.33. The van der Waals surface area contributed by atoms with E-state index in [0.717, 1.165) is 10.4 Å². The number of nitrogens with zero attached hydrogens (tertiary/aromatic N) is 2. The van der Waals surface area contributed by atoms with Crippen molar-refractivity contribution >= 4 is 28.8 Å². The molecular weight excluding hydrogens is 330 g/mol. The van der Waals surface area contributed by atoms with Crippen molar-refractivity contribution < 1.29 is 4.79 Å². The summed E-state index contributed by atoms with van der Waals surface area (Å²) in [6, 6.07) is 13.2. The summed E-state index contributed by atoms with van der Waals surface area (Å²) >= 11 is 7.83. The zero-order valence-electron chi connectivity index (χ0n) is 12.6. The molecule has 0 spiro atoms. The molecule has 4 nitrogen and oxygen atoms in total. The minimum absolute atomic E-state index is 0.0632. The van der Waals surface area contributed by atoms with Crippen molar-refractivity contribution in [3.63, 3.8) is 0 Å². The van der Waals surface area contributed by atoms with Gasteiger partial charge in [-0.05, 0) is 30.5 Å². The highest BCUT2D eigenvalue weighted by Gasteiger charge is 2.18. The molecule has 0 radical (unpaired) electrons. The number of hydrogen-bond acceptors (Lipinski definition) is 3. The Balaban J connectivity index is 1.81. The van der Waals surface area contributed by atoms with E-state index in [9.17, 15) is 4.79 Å². The largest absolute Gasteiger partial charge is 0.332 e. The van der Waals surface area contributed by atoms with Gasteiger partial charge in [0, 0.05) is 17.0 Å². The van der Waals surface area contributed by atoms with E-state index < -0.39 is 0 Å². The lowest BCUT2D eigenvalue weighted by Crippen LogP contribution is -2.30. The maximum absolute atomic E-state index is 12.7. The Labute approximate surface area is 143 Å². The van der Waals surface area contributed by atoms with E-state index in [1.54, 1.807) is 22.3 Å². The number of carbonyl (C=O) groups excluding carboxylic acids is 1. The normalized spacial score (nSPS) is 10.7. The predicted octanol–water partition coefficient (Wildman–Crippen LogP) is 4.45. The van der Waals surface area contributed by atoms with Crippen LogP contribution in [0.2, 0.25) is 5.02 Å². The van der Waals surface area contributed by atoms with Gasteiger partial charge in [0.25, 0.3) is 5.91 Å². The Morgan fingerprint density at radius 3 is 2.83 bits per heavy atom. The highest BCUT2D eigenvalue weighted by molar-refractivity contribution is 7.09. The fourth-order valence-corrected chi connectivity index (χ4v) is 3.28. The number of H-pyrrole nitrogens is 1. The molecule has 2 aromatic heterocycles. The number of nitrogens with one attached hydrogen (secondary N) is 1. The summed E-state index contributed by atoms with van der Waals surface area (Å²) in [7, 11) is 0. The van der Waals surface area contributed by atoms with E-state index >= 15 is 0 Å². The summed E-state index contributed by atoms with van der Waals surface area (Å²) in [6.07, 6.45) is 0. The predicted molar refractivity (Wildman–Crippen MR) is 93.8 cm³/mol. The highest BCUT2D eigenvalue weighted by Crippen LogP contribution is 2.26. The van der Waals surface area contributed by atoms with Crippen LogP contribution in [-0.4, -0.2) is 27.5 Å². The zero-order valence-corrected chi connectivity index (χ0v) is 14.2. The first-order valence-electron chi connectivity index (χ1n) is 7.31. The van der Waals surface area contributed by atoms with Gasteiger partial charge in [0.1, 0.15) is 5.69 Å². The van der Waals surface area contributed by atoms with Crippen molar-refractivity contribution in [2.24, 2.45) is 0 Å². The molecule has 0 bridgehead atoms. The van der Waals surface area contributed by atoms with Crippen molar-refractivity contribution in [1.29, 1.82) is 0 Å². The number of halogens is 1. The first-order valence-corrected chi connectivity index (χ1v) is 8.56. The van der Waals surface area contributed by atoms with Crippen LogP contribution in [0.4, 0.5) is 0 Å². The second-order valence-electron chi connectivity index (χ2n) is 5.05. The van der Waals surface area contributed by atoms with Gasteiger partial charge < -0.3 is 4.90 Å². The van der Waals surface area contributed by atoms with Crippen molar-refractivity contribution in [2.45, 2.75) is 13.5 Å². The van der Waals surface area contributed by atoms with Crippen LogP contribution in [0.3, 0.4) is 0 Å². The molecule has 3 aromatic rings. The van der Waals surface area contributed by atoms with Gasteiger partial charge in [0.05, 0.1) is 17.3 Å². The molecule has 1 aromatic carbocycles. The average molecular weight is 346 g/mol. The van der Waals surface area contributed by atoms with Gasteiger partial charge >= 0.3 is 0 Å². The Morgan fingerprint density at radius 1 is 1.30 bits per heavy atom. The molecular formula is C17H16ClN3OS. The lowest BCUT2D eigenvalue weighted by atomic mass is 10.1. The number of benzene rings is 1. The number of aromatic amines is 1. The van der Waals surface area contributed by atoms with Crippen molar-refractivity contribution in [2.75, 3.05) is 6.54 Å². The summed E-state index contributed by atoms with van der Waals surface area (Å²) in [6.45, 7) is 3.21. The van der Waals surface area contributed by atoms with Crippen LogP contribution in [0.5, 0.6) is 0 Å². The molecule has 1 amide bonds. The van der Waals surface area contributed by atoms with Crippen LogP contribution >= 0.6 is 22.9 Å². The van der Waals surface area contributed by atoms with E-state index in [4.69, 9.17) is 11.6 Å². The van der Waals surface area contributed by atoms with Crippen LogP contribution < -0.4 is 0 Å². The summed E-state index contributed by atoms with van der Waals surface area (Å²) in [5.74, 6) is -0.0632. The van der Waals surface area contributed by atoms with Crippen LogP contribution in [-0.2, 0) is 6.54 Å². The van der Waals surface area contributed by atoms with E-state index in [-0.39, 0.29) is 5.91 Å². The molecule has 0 unspecified atom stereocenters. The lowest BCUT2D eigenvalue weighted by molar-refractivity contribution is 0.0748. The van der Waals surface area contributed by atoms with Crippen molar-refractivity contribution in [3.8, 4) is 11.3 Å². The summed E-state index contributed by atoms with van der Waals surface area (Å²) in [5, 5.41) is 9.68. The Bertz CT molecular complexity index is 798. The summed E-state index contributed by atoms with van der Waals surface area (Å²) in [5.41, 5.74) is 1.95. The van der Waals surface area contributed by atoms with Crippen LogP contribution in [0.25, 0.3) is 11.3 Å². The van der Waals surface area contributed by atoms with Crippen molar-refractivity contribution in [1.82, 2.24) is 15.1 Å². The maximum Gasteiger partial charge on any atom is 0.272 e. The maximum atomic E-state index is 12.7. The summed E-state index contributed by atoms with van der Waals surface area (Å²) < 4.78 is 0. The Kier molecular flexibility index (Phi) is 4.79. The first-order chi connectivity index (χ1) is 11.2. The zero-order chi connectivity index (χ0) is 16.2. The Hall–Kier alpha value is -2.11. The smallest absolute Gasteiger partial charge is 0.272 e. The van der Waals surface area contributed by atoms with Gasteiger partial charge in [-0.1, -0.05) is 35.9 Å². The van der Waals surface area contributed by atoms with Gasteiger partial charge in [-0.25, -0.2) is 0 Å². The van der Waals surface area contributed by atoms with E-state index in [1.807, 2.05) is 48.7 Å². The lowest BCUT2D eigenvalue weighted by Gasteiger charge is -2.19. The van der Waals surface area contributed by atoms with E-state index in [1.165, 1.54) is 0 Å². The first kappa shape index (κ1) is 15.8. The summed E-state index contributed by atoms with van der Waals surface area (Å²) in [4.78, 5) is 15.6. The van der Waals surface area contributed by atoms with Crippen LogP contribution in [0.1, 0.15) is 22.3 Å². The highest BCUT2D eigenvalue weighted by atomic mass is 35.5. The van der Waals surface area contributed by atoms with E-state index in [2.05, 4.69) is 10.2 Å². The third-order valence-electron chi connectivity index (χ3n) is 3.55. The van der Waals surface area contributed by atoms with Crippen molar-refractivity contribution in [3.05, 3.63) is 63.4 Å². The SMILES string of the molecule is CCN(Cc1cccs1)C(=O)c1cc(-c2ccccc2Cl)n[nH]1. The molecule has 0 fully saturated rings. The molecule has 0 aliphatic rings. The quantitative estimate of drug-likeness (QED) is 0.742. The van der Waals surface area contributed by atoms with Gasteiger partial charge in [-0.15, -0.1) is 11.3 Å². The molecule has 0 atom stereocenters. The third-order valence-corrected chi connectivity index (χ3v) is 4.74. The number of hydrogen-bond donors (Lipinski definition) is 1. The number of aromatic nitrogens is 2. The second-order valence-corrected chi connectivity index (χ2v) is 6.48. The molecule has 0 saturated heterocycles.